The lowest BCUT2D eigenvalue weighted by molar-refractivity contribution is 0.955. The van der Waals surface area contributed by atoms with Crippen LogP contribution in [0.1, 0.15) is 41.1 Å². The molecular formula is C16H17IN2O. The van der Waals surface area contributed by atoms with Crippen molar-refractivity contribution in [2.75, 3.05) is 0 Å². The van der Waals surface area contributed by atoms with Crippen LogP contribution in [0.15, 0.2) is 16.9 Å². The molecule has 2 aromatic rings. The van der Waals surface area contributed by atoms with Crippen LogP contribution in [0.4, 0.5) is 0 Å². The lowest BCUT2D eigenvalue weighted by Gasteiger charge is -2.12. The molecule has 0 radical (unpaired) electrons. The van der Waals surface area contributed by atoms with Gasteiger partial charge in [-0.3, -0.25) is 4.79 Å². The number of aromatic nitrogens is 2. The summed E-state index contributed by atoms with van der Waals surface area (Å²) in [7, 11) is 0. The zero-order valence-corrected chi connectivity index (χ0v) is 14.0. The molecular weight excluding hydrogens is 363 g/mol. The highest BCUT2D eigenvalue weighted by atomic mass is 127. The highest BCUT2D eigenvalue weighted by molar-refractivity contribution is 14.1. The Kier molecular flexibility index (Phi) is 3.44. The molecule has 0 spiro atoms. The Balaban J connectivity index is 2.23. The number of rotatable bonds is 2. The summed E-state index contributed by atoms with van der Waals surface area (Å²) in [5, 5.41) is 0. The van der Waals surface area contributed by atoms with Gasteiger partial charge in [0.2, 0.25) is 0 Å². The molecule has 1 aliphatic carbocycles. The lowest BCUT2D eigenvalue weighted by Crippen LogP contribution is -2.16. The summed E-state index contributed by atoms with van der Waals surface area (Å²) in [5.41, 5.74) is 5.58. The van der Waals surface area contributed by atoms with E-state index in [-0.39, 0.29) is 5.56 Å². The Bertz CT molecular complexity index is 722. The van der Waals surface area contributed by atoms with Gasteiger partial charge in [0.25, 0.3) is 5.56 Å². The molecule has 0 aliphatic heterocycles. The van der Waals surface area contributed by atoms with Crippen LogP contribution in [0.25, 0.3) is 11.4 Å². The van der Waals surface area contributed by atoms with Gasteiger partial charge in [-0.15, -0.1) is 0 Å². The van der Waals surface area contributed by atoms with Crippen molar-refractivity contribution < 1.29 is 0 Å². The van der Waals surface area contributed by atoms with Crippen molar-refractivity contribution in [3.05, 3.63) is 48.4 Å². The average molecular weight is 380 g/mol. The van der Waals surface area contributed by atoms with Crippen molar-refractivity contribution in [2.24, 2.45) is 0 Å². The molecule has 4 heteroatoms. The van der Waals surface area contributed by atoms with E-state index in [1.165, 1.54) is 5.56 Å². The number of hydrogen-bond donors (Lipinski definition) is 1. The Morgan fingerprint density at radius 2 is 1.80 bits per heavy atom. The molecule has 0 bridgehead atoms. The molecule has 1 aromatic heterocycles. The van der Waals surface area contributed by atoms with Crippen molar-refractivity contribution in [1.82, 2.24) is 9.97 Å². The minimum atomic E-state index is -0.0168. The van der Waals surface area contributed by atoms with Crippen molar-refractivity contribution in [2.45, 2.75) is 39.5 Å². The van der Waals surface area contributed by atoms with Crippen LogP contribution in [0.5, 0.6) is 0 Å². The Hall–Kier alpha value is -1.17. The molecule has 1 N–H and O–H groups in total. The summed E-state index contributed by atoms with van der Waals surface area (Å²) >= 11 is 2.11. The van der Waals surface area contributed by atoms with Crippen molar-refractivity contribution >= 4 is 22.6 Å². The minimum absolute atomic E-state index is 0.0168. The monoisotopic (exact) mass is 380 g/mol. The summed E-state index contributed by atoms with van der Waals surface area (Å²) in [5.74, 6) is 1.20. The second-order valence-electron chi connectivity index (χ2n) is 5.66. The third kappa shape index (κ3) is 2.41. The van der Waals surface area contributed by atoms with E-state index in [0.29, 0.717) is 11.7 Å². The number of benzene rings is 1. The van der Waals surface area contributed by atoms with Crippen LogP contribution in [-0.2, 0) is 0 Å². The third-order valence-corrected chi connectivity index (χ3v) is 4.81. The van der Waals surface area contributed by atoms with Gasteiger partial charge in [0.1, 0.15) is 5.82 Å². The van der Waals surface area contributed by atoms with Gasteiger partial charge >= 0.3 is 0 Å². The summed E-state index contributed by atoms with van der Waals surface area (Å²) in [6.07, 6.45) is 2.30. The number of H-pyrrole nitrogens is 1. The second kappa shape index (κ2) is 4.98. The fourth-order valence-corrected chi connectivity index (χ4v) is 3.47. The van der Waals surface area contributed by atoms with E-state index in [4.69, 9.17) is 4.98 Å². The maximum absolute atomic E-state index is 12.2. The highest BCUT2D eigenvalue weighted by Gasteiger charge is 2.29. The van der Waals surface area contributed by atoms with Crippen molar-refractivity contribution in [3.63, 3.8) is 0 Å². The van der Waals surface area contributed by atoms with E-state index in [0.717, 1.165) is 38.8 Å². The van der Waals surface area contributed by atoms with E-state index < -0.39 is 0 Å². The standard InChI is InChI=1S/C16H17IN2O/c1-8-6-9(2)12(10(3)7-8)15-18-14(11-4-5-11)13(17)16(20)19-15/h6-7,11H,4-5H2,1-3H3,(H,18,19,20). The molecule has 3 rings (SSSR count). The van der Waals surface area contributed by atoms with E-state index in [2.05, 4.69) is 60.5 Å². The average Bonchev–Trinajstić information content (AvgIpc) is 3.16. The van der Waals surface area contributed by atoms with Gasteiger partial charge in [-0.05, 0) is 67.3 Å². The van der Waals surface area contributed by atoms with Crippen LogP contribution < -0.4 is 5.56 Å². The molecule has 104 valence electrons. The predicted octanol–water partition coefficient (Wildman–Crippen LogP) is 3.84. The number of nitrogens with one attached hydrogen (secondary N) is 1. The molecule has 0 saturated heterocycles. The van der Waals surface area contributed by atoms with E-state index in [1.54, 1.807) is 0 Å². The van der Waals surface area contributed by atoms with Gasteiger partial charge < -0.3 is 4.98 Å². The van der Waals surface area contributed by atoms with E-state index >= 15 is 0 Å². The van der Waals surface area contributed by atoms with Crippen molar-refractivity contribution in [3.8, 4) is 11.4 Å². The largest absolute Gasteiger partial charge is 0.306 e. The normalized spacial score (nSPS) is 14.6. The quantitative estimate of drug-likeness (QED) is 0.805. The molecule has 3 nitrogen and oxygen atoms in total. The first kappa shape index (κ1) is 13.8. The Labute approximate surface area is 132 Å². The summed E-state index contributed by atoms with van der Waals surface area (Å²) in [4.78, 5) is 19.8. The van der Waals surface area contributed by atoms with Gasteiger partial charge in [0, 0.05) is 11.5 Å². The van der Waals surface area contributed by atoms with Crippen molar-refractivity contribution in [1.29, 1.82) is 0 Å². The first-order chi connectivity index (χ1) is 9.47. The third-order valence-electron chi connectivity index (χ3n) is 3.77. The fraction of sp³-hybridized carbons (Fsp3) is 0.375. The fourth-order valence-electron chi connectivity index (χ4n) is 2.78. The second-order valence-corrected chi connectivity index (χ2v) is 6.74. The maximum Gasteiger partial charge on any atom is 0.264 e. The smallest absolute Gasteiger partial charge is 0.264 e. The first-order valence-corrected chi connectivity index (χ1v) is 7.93. The van der Waals surface area contributed by atoms with Gasteiger partial charge in [0.15, 0.2) is 0 Å². The Morgan fingerprint density at radius 1 is 1.20 bits per heavy atom. The molecule has 1 aromatic carbocycles. The molecule has 0 atom stereocenters. The number of nitrogens with zero attached hydrogens (tertiary/aromatic N) is 1. The highest BCUT2D eigenvalue weighted by Crippen LogP contribution is 2.40. The first-order valence-electron chi connectivity index (χ1n) is 6.85. The maximum atomic E-state index is 12.2. The SMILES string of the molecule is Cc1cc(C)c(-c2nc(C3CC3)c(I)c(=O)[nH]2)c(C)c1. The van der Waals surface area contributed by atoms with Crippen LogP contribution in [0.3, 0.4) is 0 Å². The Morgan fingerprint density at radius 3 is 2.35 bits per heavy atom. The zero-order valence-electron chi connectivity index (χ0n) is 11.9. The van der Waals surface area contributed by atoms with Crippen LogP contribution in [0, 0.1) is 24.3 Å². The number of aryl methyl sites for hydroxylation is 3. The molecule has 1 fully saturated rings. The van der Waals surface area contributed by atoms with Gasteiger partial charge in [-0.1, -0.05) is 17.7 Å². The van der Waals surface area contributed by atoms with E-state index in [1.807, 2.05) is 0 Å². The van der Waals surface area contributed by atoms with Crippen LogP contribution >= 0.6 is 22.6 Å². The number of aromatic amines is 1. The minimum Gasteiger partial charge on any atom is -0.306 e. The zero-order chi connectivity index (χ0) is 14.4. The topological polar surface area (TPSA) is 45.8 Å². The summed E-state index contributed by atoms with van der Waals surface area (Å²) < 4.78 is 0.747. The lowest BCUT2D eigenvalue weighted by atomic mass is 9.99. The number of hydrogen-bond acceptors (Lipinski definition) is 2. The molecule has 1 saturated carbocycles. The van der Waals surface area contributed by atoms with Gasteiger partial charge in [0.05, 0.1) is 9.26 Å². The molecule has 1 aliphatic rings. The van der Waals surface area contributed by atoms with E-state index in [9.17, 15) is 4.79 Å². The summed E-state index contributed by atoms with van der Waals surface area (Å²) in [6, 6.07) is 4.27. The molecule has 20 heavy (non-hydrogen) atoms. The number of halogens is 1. The summed E-state index contributed by atoms with van der Waals surface area (Å²) in [6.45, 7) is 6.23. The van der Waals surface area contributed by atoms with Crippen LogP contribution in [-0.4, -0.2) is 9.97 Å². The van der Waals surface area contributed by atoms with Gasteiger partial charge in [-0.2, -0.15) is 0 Å². The molecule has 1 heterocycles. The molecule has 0 unspecified atom stereocenters. The van der Waals surface area contributed by atoms with Gasteiger partial charge in [-0.25, -0.2) is 4.98 Å². The predicted molar refractivity (Wildman–Crippen MR) is 89.2 cm³/mol. The molecule has 0 amide bonds. The van der Waals surface area contributed by atoms with Crippen LogP contribution in [0.2, 0.25) is 0 Å².